The monoisotopic (exact) mass is 451 g/mol. The van der Waals surface area contributed by atoms with Crippen LogP contribution in [0.5, 0.6) is 5.75 Å². The summed E-state index contributed by atoms with van der Waals surface area (Å²) < 4.78 is 53.4. The van der Waals surface area contributed by atoms with E-state index < -0.39 is 19.7 Å². The Morgan fingerprint density at radius 1 is 1.03 bits per heavy atom. The molecule has 0 radical (unpaired) electrons. The Morgan fingerprint density at radius 2 is 1.67 bits per heavy atom. The normalized spacial score (nSPS) is 17.2. The zero-order valence-corrected chi connectivity index (χ0v) is 19.0. The number of sulfone groups is 2. The average molecular weight is 452 g/mol. The third-order valence-corrected chi connectivity index (χ3v) is 7.66. The molecule has 0 saturated heterocycles. The van der Waals surface area contributed by atoms with Crippen LogP contribution in [0.4, 0.5) is 0 Å². The Morgan fingerprint density at radius 3 is 2.17 bits per heavy atom. The first kappa shape index (κ1) is 22.3. The fourth-order valence-corrected chi connectivity index (χ4v) is 5.29. The quantitative estimate of drug-likeness (QED) is 0.706. The van der Waals surface area contributed by atoms with Crippen molar-refractivity contribution in [2.24, 2.45) is 0 Å². The molecule has 1 aliphatic heterocycles. The van der Waals surface area contributed by atoms with Crippen molar-refractivity contribution >= 4 is 25.6 Å². The van der Waals surface area contributed by atoms with E-state index in [1.807, 2.05) is 0 Å². The molecule has 2 aromatic carbocycles. The molecule has 1 aliphatic rings. The van der Waals surface area contributed by atoms with Gasteiger partial charge in [-0.2, -0.15) is 0 Å². The van der Waals surface area contributed by atoms with Crippen LogP contribution in [-0.4, -0.2) is 60.4 Å². The molecule has 1 amide bonds. The largest absolute Gasteiger partial charge is 0.495 e. The summed E-state index contributed by atoms with van der Waals surface area (Å²) in [5, 5.41) is 0. The van der Waals surface area contributed by atoms with Crippen LogP contribution >= 0.6 is 0 Å². The van der Waals surface area contributed by atoms with Crippen molar-refractivity contribution in [3.63, 3.8) is 0 Å². The summed E-state index contributed by atoms with van der Waals surface area (Å²) in [6.45, 7) is 2.38. The van der Waals surface area contributed by atoms with E-state index in [-0.39, 0.29) is 27.4 Å². The van der Waals surface area contributed by atoms with Gasteiger partial charge in [0.15, 0.2) is 19.7 Å². The number of ether oxygens (including phenoxy) is 1. The van der Waals surface area contributed by atoms with E-state index in [2.05, 4.69) is 0 Å². The second kappa shape index (κ2) is 8.03. The van der Waals surface area contributed by atoms with Gasteiger partial charge in [-0.3, -0.25) is 4.79 Å². The minimum Gasteiger partial charge on any atom is -0.495 e. The molecule has 3 rings (SSSR count). The van der Waals surface area contributed by atoms with Crippen LogP contribution in [0.25, 0.3) is 0 Å². The average Bonchev–Trinajstić information content (AvgIpc) is 2.85. The molecule has 2 aromatic rings. The van der Waals surface area contributed by atoms with Crippen LogP contribution in [0.3, 0.4) is 0 Å². The highest BCUT2D eigenvalue weighted by molar-refractivity contribution is 7.91. The first-order valence-corrected chi connectivity index (χ1v) is 13.2. The zero-order valence-electron chi connectivity index (χ0n) is 17.4. The lowest BCUT2D eigenvalue weighted by Crippen LogP contribution is -2.33. The fraction of sp³-hybridized carbons (Fsp3) is 0.381. The second-order valence-electron chi connectivity index (χ2n) is 7.58. The SMILES string of the molecule is COc1cc2c(cc1S(C)(=O)=O)CCN(C(C)=O)CC2c1ccc(S(C)(=O)=O)cc1. The zero-order chi connectivity index (χ0) is 22.3. The Hall–Kier alpha value is -2.39. The molecular weight excluding hydrogens is 426 g/mol. The molecule has 9 heteroatoms. The van der Waals surface area contributed by atoms with Crippen molar-refractivity contribution < 1.29 is 26.4 Å². The van der Waals surface area contributed by atoms with Crippen molar-refractivity contribution in [1.29, 1.82) is 0 Å². The predicted octanol–water partition coefficient (Wildman–Crippen LogP) is 2.04. The molecule has 0 fully saturated rings. The van der Waals surface area contributed by atoms with E-state index in [1.165, 1.54) is 14.0 Å². The molecule has 162 valence electrons. The highest BCUT2D eigenvalue weighted by Crippen LogP contribution is 2.37. The van der Waals surface area contributed by atoms with Gasteiger partial charge in [-0.25, -0.2) is 16.8 Å². The molecule has 0 aromatic heterocycles. The number of fused-ring (bicyclic) bond motifs is 1. The van der Waals surface area contributed by atoms with Crippen LogP contribution in [0, 0.1) is 0 Å². The van der Waals surface area contributed by atoms with Crippen LogP contribution in [0.15, 0.2) is 46.2 Å². The third kappa shape index (κ3) is 4.52. The van der Waals surface area contributed by atoms with Crippen LogP contribution < -0.4 is 4.74 Å². The molecule has 0 spiro atoms. The minimum absolute atomic E-state index is 0.0733. The van der Waals surface area contributed by atoms with Gasteiger partial charge in [0.25, 0.3) is 0 Å². The summed E-state index contributed by atoms with van der Waals surface area (Å²) in [7, 11) is -5.40. The molecule has 7 nitrogen and oxygen atoms in total. The van der Waals surface area contributed by atoms with Gasteiger partial charge >= 0.3 is 0 Å². The fourth-order valence-electron chi connectivity index (χ4n) is 3.79. The Balaban J connectivity index is 2.19. The number of carbonyl (C=O) groups is 1. The minimum atomic E-state index is -3.50. The third-order valence-electron chi connectivity index (χ3n) is 5.41. The first-order chi connectivity index (χ1) is 13.9. The van der Waals surface area contributed by atoms with Crippen LogP contribution in [0.1, 0.15) is 29.5 Å². The highest BCUT2D eigenvalue weighted by Gasteiger charge is 2.29. The van der Waals surface area contributed by atoms with Crippen LogP contribution in [0.2, 0.25) is 0 Å². The maximum Gasteiger partial charge on any atom is 0.219 e. The number of hydrogen-bond donors (Lipinski definition) is 0. The number of nitrogens with zero attached hydrogens (tertiary/aromatic N) is 1. The van der Waals surface area contributed by atoms with Gasteiger partial charge in [0, 0.05) is 38.4 Å². The van der Waals surface area contributed by atoms with E-state index in [0.29, 0.717) is 19.5 Å². The first-order valence-electron chi connectivity index (χ1n) is 9.38. The summed E-state index contributed by atoms with van der Waals surface area (Å²) in [5.74, 6) is -0.0661. The molecule has 1 atom stereocenters. The predicted molar refractivity (Wildman–Crippen MR) is 113 cm³/mol. The maximum atomic E-state index is 12.2. The number of rotatable bonds is 4. The Bertz CT molecular complexity index is 1180. The Kier molecular flexibility index (Phi) is 5.97. The number of benzene rings is 2. The van der Waals surface area contributed by atoms with Crippen molar-refractivity contribution in [1.82, 2.24) is 4.90 Å². The summed E-state index contributed by atoms with van der Waals surface area (Å²) in [6.07, 6.45) is 2.80. The lowest BCUT2D eigenvalue weighted by molar-refractivity contribution is -0.128. The van der Waals surface area contributed by atoms with E-state index in [9.17, 15) is 21.6 Å². The lowest BCUT2D eigenvalue weighted by atomic mass is 9.88. The van der Waals surface area contributed by atoms with Crippen molar-refractivity contribution in [2.75, 3.05) is 32.7 Å². The van der Waals surface area contributed by atoms with Crippen molar-refractivity contribution in [3.8, 4) is 5.75 Å². The summed E-state index contributed by atoms with van der Waals surface area (Å²) in [6, 6.07) is 9.94. The molecule has 0 bridgehead atoms. The van der Waals surface area contributed by atoms with Gasteiger partial charge in [-0.15, -0.1) is 0 Å². The molecular formula is C21H25NO6S2. The molecule has 30 heavy (non-hydrogen) atoms. The van der Waals surface area contributed by atoms with Gasteiger partial charge in [-0.1, -0.05) is 12.1 Å². The maximum absolute atomic E-state index is 12.2. The summed E-state index contributed by atoms with van der Waals surface area (Å²) in [5.41, 5.74) is 2.54. The number of carbonyl (C=O) groups excluding carboxylic acids is 1. The van der Waals surface area contributed by atoms with E-state index in [0.717, 1.165) is 29.2 Å². The van der Waals surface area contributed by atoms with E-state index in [1.54, 1.807) is 41.3 Å². The van der Waals surface area contributed by atoms with E-state index >= 15 is 0 Å². The summed E-state index contributed by atoms with van der Waals surface area (Å²) in [4.78, 5) is 14.2. The Labute approximate surface area is 177 Å². The highest BCUT2D eigenvalue weighted by atomic mass is 32.2. The number of hydrogen-bond acceptors (Lipinski definition) is 6. The molecule has 0 aliphatic carbocycles. The molecule has 1 unspecified atom stereocenters. The van der Waals surface area contributed by atoms with Crippen LogP contribution in [-0.2, 0) is 30.9 Å². The smallest absolute Gasteiger partial charge is 0.219 e. The van der Waals surface area contributed by atoms with Gasteiger partial charge in [0.05, 0.1) is 12.0 Å². The molecule has 0 saturated carbocycles. The molecule has 1 heterocycles. The van der Waals surface area contributed by atoms with Gasteiger partial charge in [0.1, 0.15) is 10.6 Å². The topological polar surface area (TPSA) is 97.8 Å². The molecule has 0 N–H and O–H groups in total. The van der Waals surface area contributed by atoms with Gasteiger partial charge in [-0.05, 0) is 47.4 Å². The van der Waals surface area contributed by atoms with Gasteiger partial charge in [0.2, 0.25) is 5.91 Å². The number of methoxy groups -OCH3 is 1. The number of amides is 1. The lowest BCUT2D eigenvalue weighted by Gasteiger charge is -2.25. The standard InChI is InChI=1S/C21H25NO6S2/c1-14(23)22-10-9-16-11-21(30(4,26)27)20(28-2)12-18(16)19(13-22)15-5-7-17(8-6-15)29(3,24)25/h5-8,11-12,19H,9-10,13H2,1-4H3. The van der Waals surface area contributed by atoms with E-state index in [4.69, 9.17) is 4.74 Å². The van der Waals surface area contributed by atoms with Gasteiger partial charge < -0.3 is 9.64 Å². The summed E-state index contributed by atoms with van der Waals surface area (Å²) >= 11 is 0. The second-order valence-corrected chi connectivity index (χ2v) is 11.6. The van der Waals surface area contributed by atoms with Crippen molar-refractivity contribution in [3.05, 3.63) is 53.1 Å². The van der Waals surface area contributed by atoms with Crippen molar-refractivity contribution in [2.45, 2.75) is 29.1 Å².